The lowest BCUT2D eigenvalue weighted by atomic mass is 10.2. The summed E-state index contributed by atoms with van der Waals surface area (Å²) in [5.41, 5.74) is 2.39. The number of likely N-dealkylation sites (N-methyl/N-ethyl adjacent to an activating group) is 1. The van der Waals surface area contributed by atoms with Crippen LogP contribution >= 0.6 is 0 Å². The number of para-hydroxylation sites is 1. The Hall–Kier alpha value is -3.78. The number of halogens is 1. The van der Waals surface area contributed by atoms with Crippen LogP contribution in [0.4, 0.5) is 21.6 Å². The molecule has 4 aromatic rings. The van der Waals surface area contributed by atoms with Gasteiger partial charge >= 0.3 is 0 Å². The second kappa shape index (κ2) is 8.39. The Morgan fingerprint density at radius 1 is 0.969 bits per heavy atom. The maximum absolute atomic E-state index is 14.1. The van der Waals surface area contributed by atoms with Crippen LogP contribution in [0.3, 0.4) is 0 Å². The predicted molar refractivity (Wildman–Crippen MR) is 125 cm³/mol. The molecule has 2 aromatic carbocycles. The van der Waals surface area contributed by atoms with Crippen LogP contribution < -0.4 is 15.8 Å². The molecule has 0 radical (unpaired) electrons. The van der Waals surface area contributed by atoms with E-state index in [0.717, 1.165) is 31.9 Å². The zero-order valence-corrected chi connectivity index (χ0v) is 17.7. The van der Waals surface area contributed by atoms with Gasteiger partial charge in [0.1, 0.15) is 18.0 Å². The summed E-state index contributed by atoms with van der Waals surface area (Å²) in [7, 11) is 2.14. The number of nitrogens with zero attached hydrogens (tertiary/aromatic N) is 5. The second-order valence-electron chi connectivity index (χ2n) is 7.92. The Bertz CT molecular complexity index is 1310. The van der Waals surface area contributed by atoms with Crippen molar-refractivity contribution in [2.75, 3.05) is 43.4 Å². The summed E-state index contributed by atoms with van der Waals surface area (Å²) in [4.78, 5) is 26.3. The van der Waals surface area contributed by atoms with E-state index in [0.29, 0.717) is 16.7 Å². The van der Waals surface area contributed by atoms with Crippen LogP contribution in [0, 0.1) is 5.82 Å². The normalized spacial score (nSPS) is 14.6. The Morgan fingerprint density at radius 2 is 1.72 bits per heavy atom. The second-order valence-corrected chi connectivity index (χ2v) is 7.92. The third kappa shape index (κ3) is 3.92. The van der Waals surface area contributed by atoms with Gasteiger partial charge < -0.3 is 15.1 Å². The fraction of sp³-hybridized carbons (Fsp3) is 0.208. The predicted octanol–water partition coefficient (Wildman–Crippen LogP) is 3.42. The van der Waals surface area contributed by atoms with Gasteiger partial charge in [0.2, 0.25) is 0 Å². The molecule has 3 heterocycles. The first-order valence-corrected chi connectivity index (χ1v) is 10.5. The van der Waals surface area contributed by atoms with E-state index in [1.54, 1.807) is 24.3 Å². The molecule has 0 unspecified atom stereocenters. The van der Waals surface area contributed by atoms with E-state index in [-0.39, 0.29) is 11.2 Å². The summed E-state index contributed by atoms with van der Waals surface area (Å²) >= 11 is 0. The number of aromatic nitrogens is 3. The first kappa shape index (κ1) is 20.1. The molecule has 0 bridgehead atoms. The van der Waals surface area contributed by atoms with E-state index in [1.807, 2.05) is 12.1 Å². The van der Waals surface area contributed by atoms with Gasteiger partial charge in [-0.3, -0.25) is 9.36 Å². The van der Waals surface area contributed by atoms with Crippen LogP contribution in [-0.2, 0) is 0 Å². The summed E-state index contributed by atoms with van der Waals surface area (Å²) < 4.78 is 15.3. The number of hydrogen-bond acceptors (Lipinski definition) is 6. The monoisotopic (exact) mass is 430 g/mol. The van der Waals surface area contributed by atoms with Gasteiger partial charge in [-0.2, -0.15) is 0 Å². The van der Waals surface area contributed by atoms with Crippen LogP contribution in [0.15, 0.2) is 71.9 Å². The van der Waals surface area contributed by atoms with Gasteiger partial charge in [-0.25, -0.2) is 14.4 Å². The highest BCUT2D eigenvalue weighted by atomic mass is 19.1. The fourth-order valence-corrected chi connectivity index (χ4v) is 3.87. The minimum atomic E-state index is -0.484. The molecule has 0 atom stereocenters. The van der Waals surface area contributed by atoms with Crippen LogP contribution in [0.2, 0.25) is 0 Å². The molecule has 2 aromatic heterocycles. The Morgan fingerprint density at radius 3 is 2.47 bits per heavy atom. The summed E-state index contributed by atoms with van der Waals surface area (Å²) in [6.45, 7) is 4.16. The molecule has 0 amide bonds. The summed E-state index contributed by atoms with van der Waals surface area (Å²) in [5, 5.41) is 3.59. The lowest BCUT2D eigenvalue weighted by Gasteiger charge is -2.34. The van der Waals surface area contributed by atoms with Crippen molar-refractivity contribution in [3.63, 3.8) is 0 Å². The quantitative estimate of drug-likeness (QED) is 0.535. The summed E-state index contributed by atoms with van der Waals surface area (Å²) in [6.07, 6.45) is 2.82. The van der Waals surface area contributed by atoms with Gasteiger partial charge in [0.05, 0.1) is 16.6 Å². The highest BCUT2D eigenvalue weighted by Gasteiger charge is 2.14. The largest absolute Gasteiger partial charge is 0.369 e. The molecule has 1 N–H and O–H groups in total. The Balaban J connectivity index is 1.37. The van der Waals surface area contributed by atoms with Crippen LogP contribution in [0.5, 0.6) is 0 Å². The van der Waals surface area contributed by atoms with Crippen LogP contribution in [-0.4, -0.2) is 52.7 Å². The number of anilines is 3. The van der Waals surface area contributed by atoms with Crippen molar-refractivity contribution >= 4 is 28.1 Å². The number of benzene rings is 2. The number of pyridine rings is 1. The van der Waals surface area contributed by atoms with E-state index < -0.39 is 5.82 Å². The van der Waals surface area contributed by atoms with E-state index in [2.05, 4.69) is 44.3 Å². The van der Waals surface area contributed by atoms with E-state index in [1.165, 1.54) is 28.8 Å². The molecular weight excluding hydrogens is 407 g/mol. The molecule has 0 spiro atoms. The van der Waals surface area contributed by atoms with Gasteiger partial charge in [0.25, 0.3) is 5.56 Å². The molecule has 1 fully saturated rings. The molecule has 162 valence electrons. The number of rotatable bonds is 4. The van der Waals surface area contributed by atoms with Gasteiger partial charge in [0, 0.05) is 49.8 Å². The minimum absolute atomic E-state index is 0.162. The summed E-state index contributed by atoms with van der Waals surface area (Å²) in [6, 6.07) is 16.1. The lowest BCUT2D eigenvalue weighted by Crippen LogP contribution is -2.44. The van der Waals surface area contributed by atoms with Crippen molar-refractivity contribution in [3.8, 4) is 5.69 Å². The molecule has 8 heteroatoms. The lowest BCUT2D eigenvalue weighted by molar-refractivity contribution is 0.313. The smallest absolute Gasteiger partial charge is 0.267 e. The topological polar surface area (TPSA) is 66.3 Å². The zero-order chi connectivity index (χ0) is 22.1. The van der Waals surface area contributed by atoms with E-state index >= 15 is 0 Å². The average molecular weight is 430 g/mol. The molecule has 0 saturated carbocycles. The number of piperazine rings is 1. The van der Waals surface area contributed by atoms with Gasteiger partial charge in [0.15, 0.2) is 0 Å². The first-order valence-electron chi connectivity index (χ1n) is 10.5. The average Bonchev–Trinajstić information content (AvgIpc) is 2.81. The number of fused-ring (bicyclic) bond motifs is 1. The third-order valence-corrected chi connectivity index (χ3v) is 5.76. The molecule has 1 aliphatic heterocycles. The fourth-order valence-electron chi connectivity index (χ4n) is 3.87. The highest BCUT2D eigenvalue weighted by Crippen LogP contribution is 2.22. The number of nitrogens with one attached hydrogen (secondary N) is 1. The maximum Gasteiger partial charge on any atom is 0.267 e. The maximum atomic E-state index is 14.1. The Kier molecular flexibility index (Phi) is 5.28. The van der Waals surface area contributed by atoms with Crippen molar-refractivity contribution in [2.45, 2.75) is 0 Å². The minimum Gasteiger partial charge on any atom is -0.369 e. The molecule has 32 heavy (non-hydrogen) atoms. The standard InChI is InChI=1S/C24H23FN6O/c1-29-10-12-30(13-11-29)18-8-6-17(7-9-18)28-23-14-21-19(15-26-23)24(32)31(16-27-21)22-5-3-2-4-20(22)25/h2-9,14-16H,10-13H2,1H3,(H,26,28). The van der Waals surface area contributed by atoms with Crippen LogP contribution in [0.25, 0.3) is 16.6 Å². The van der Waals surface area contributed by atoms with E-state index in [9.17, 15) is 9.18 Å². The highest BCUT2D eigenvalue weighted by molar-refractivity contribution is 5.80. The first-order chi connectivity index (χ1) is 15.6. The van der Waals surface area contributed by atoms with Crippen molar-refractivity contribution in [1.82, 2.24) is 19.4 Å². The van der Waals surface area contributed by atoms with Crippen molar-refractivity contribution in [1.29, 1.82) is 0 Å². The molecular formula is C24H23FN6O. The molecule has 7 nitrogen and oxygen atoms in total. The third-order valence-electron chi connectivity index (χ3n) is 5.76. The zero-order valence-electron chi connectivity index (χ0n) is 17.7. The SMILES string of the molecule is CN1CCN(c2ccc(Nc3cc4ncn(-c5ccccc5F)c(=O)c4cn3)cc2)CC1. The number of hydrogen-bond donors (Lipinski definition) is 1. The van der Waals surface area contributed by atoms with Gasteiger partial charge in [-0.1, -0.05) is 12.1 Å². The van der Waals surface area contributed by atoms with Gasteiger partial charge in [-0.15, -0.1) is 0 Å². The van der Waals surface area contributed by atoms with Crippen LogP contribution in [0.1, 0.15) is 0 Å². The molecule has 0 aliphatic carbocycles. The van der Waals surface area contributed by atoms with Crippen molar-refractivity contribution < 1.29 is 4.39 Å². The molecule has 1 aliphatic rings. The van der Waals surface area contributed by atoms with Crippen molar-refractivity contribution in [2.24, 2.45) is 0 Å². The molecule has 1 saturated heterocycles. The van der Waals surface area contributed by atoms with Gasteiger partial charge in [-0.05, 0) is 43.4 Å². The Labute approximate surface area is 184 Å². The molecule has 5 rings (SSSR count). The summed E-state index contributed by atoms with van der Waals surface area (Å²) in [5.74, 6) is 0.0994. The van der Waals surface area contributed by atoms with E-state index in [4.69, 9.17) is 0 Å². The van der Waals surface area contributed by atoms with Crippen molar-refractivity contribution in [3.05, 3.63) is 83.3 Å².